The van der Waals surface area contributed by atoms with Gasteiger partial charge in [-0.2, -0.15) is 0 Å². The number of piperidine rings is 1. The number of rotatable bonds is 21. The normalized spacial score (nSPS) is 24.7. The van der Waals surface area contributed by atoms with Crippen molar-refractivity contribution in [2.45, 2.75) is 192 Å². The van der Waals surface area contributed by atoms with Crippen molar-refractivity contribution in [3.05, 3.63) is 29.8 Å². The molecule has 0 spiro atoms. The molecular formula is C49H78N8O13. The molecule has 70 heavy (non-hydrogen) atoms. The summed E-state index contributed by atoms with van der Waals surface area (Å²) in [7, 11) is 1.36. The van der Waals surface area contributed by atoms with Gasteiger partial charge in [0.15, 0.2) is 0 Å². The number of phenols is 1. The number of esters is 1. The SMILES string of the molecule is CCCCCCCC(=O)N[C@@H](CCC(=O)O)C(=O)N[C@H]1C(=O)N[C@@H](CCCCN)C(=O)N[C@H]2CC[C@@H](O)N(C2=O)[C@@H](CC(C)C)C(=O)N(C)[C@@H](Cc2ccc(O)cc2)C(=O)N[C@@H](C(C)C)C(=O)O[C@@H]1C. The van der Waals surface area contributed by atoms with Crippen molar-refractivity contribution < 1.29 is 63.2 Å². The van der Waals surface area contributed by atoms with Crippen molar-refractivity contribution in [1.82, 2.24) is 36.4 Å². The Kier molecular flexibility index (Phi) is 24.0. The number of likely N-dealkylation sites (N-methyl/N-ethyl adjacent to an activating group) is 1. The molecule has 2 aliphatic heterocycles. The molecule has 0 radical (unpaired) electrons. The largest absolute Gasteiger partial charge is 0.508 e. The minimum absolute atomic E-state index is 0.00443. The summed E-state index contributed by atoms with van der Waals surface area (Å²) in [6, 6.07) is -4.06. The van der Waals surface area contributed by atoms with E-state index in [2.05, 4.69) is 26.6 Å². The first kappa shape index (κ1) is 58.5. The third-order valence-corrected chi connectivity index (χ3v) is 12.7. The molecule has 0 saturated carbocycles. The summed E-state index contributed by atoms with van der Waals surface area (Å²) in [6.07, 6.45) is 0.890. The van der Waals surface area contributed by atoms with Gasteiger partial charge < -0.3 is 62.2 Å². The second-order valence-corrected chi connectivity index (χ2v) is 19.3. The molecule has 9 atom stereocenters. The maximum Gasteiger partial charge on any atom is 0.329 e. The van der Waals surface area contributed by atoms with Crippen LogP contribution in [0.4, 0.5) is 0 Å². The molecule has 2 saturated heterocycles. The summed E-state index contributed by atoms with van der Waals surface area (Å²) in [5.74, 6) is -8.87. The Morgan fingerprint density at radius 2 is 1.51 bits per heavy atom. The Labute approximate surface area is 411 Å². The number of cyclic esters (lactones) is 1. The highest BCUT2D eigenvalue weighted by atomic mass is 16.5. The van der Waals surface area contributed by atoms with E-state index in [1.165, 1.54) is 26.1 Å². The number of nitrogens with zero attached hydrogens (tertiary/aromatic N) is 2. The van der Waals surface area contributed by atoms with Crippen LogP contribution in [0.3, 0.4) is 0 Å². The number of carbonyl (C=O) groups excluding carboxylic acids is 8. The Bertz CT molecular complexity index is 1950. The lowest BCUT2D eigenvalue weighted by atomic mass is 9.94. The highest BCUT2D eigenvalue weighted by Crippen LogP contribution is 2.27. The fraction of sp³-hybridized carbons (Fsp3) is 0.694. The second kappa shape index (κ2) is 28.7. The van der Waals surface area contributed by atoms with Gasteiger partial charge >= 0.3 is 11.9 Å². The minimum Gasteiger partial charge on any atom is -0.508 e. The zero-order chi connectivity index (χ0) is 52.2. The van der Waals surface area contributed by atoms with Crippen LogP contribution in [0, 0.1) is 11.8 Å². The Hall–Kier alpha value is -5.83. The van der Waals surface area contributed by atoms with Crippen LogP contribution >= 0.6 is 0 Å². The average molecular weight is 987 g/mol. The molecule has 0 aliphatic carbocycles. The van der Waals surface area contributed by atoms with E-state index in [0.29, 0.717) is 24.8 Å². The number of amides is 7. The van der Waals surface area contributed by atoms with E-state index < -0.39 is 120 Å². The van der Waals surface area contributed by atoms with E-state index in [4.69, 9.17) is 10.5 Å². The van der Waals surface area contributed by atoms with E-state index in [-0.39, 0.29) is 63.2 Å². The lowest BCUT2D eigenvalue weighted by Gasteiger charge is -2.43. The van der Waals surface area contributed by atoms with Crippen molar-refractivity contribution in [2.24, 2.45) is 17.6 Å². The topological polar surface area (TPSA) is 316 Å². The third-order valence-electron chi connectivity index (χ3n) is 12.7. The molecular weight excluding hydrogens is 909 g/mol. The maximum absolute atomic E-state index is 14.8. The van der Waals surface area contributed by atoms with Gasteiger partial charge in [-0.1, -0.05) is 72.4 Å². The number of hydrogen-bond acceptors (Lipinski definition) is 13. The molecule has 1 aromatic rings. The molecule has 3 rings (SSSR count). The van der Waals surface area contributed by atoms with Crippen molar-refractivity contribution in [3.63, 3.8) is 0 Å². The number of aromatic hydroxyl groups is 1. The van der Waals surface area contributed by atoms with Gasteiger partial charge in [0.25, 0.3) is 0 Å². The Morgan fingerprint density at radius 1 is 0.843 bits per heavy atom. The molecule has 21 heteroatoms. The van der Waals surface area contributed by atoms with Gasteiger partial charge in [-0.3, -0.25) is 38.4 Å². The van der Waals surface area contributed by atoms with Crippen molar-refractivity contribution in [2.75, 3.05) is 13.6 Å². The predicted molar refractivity (Wildman–Crippen MR) is 257 cm³/mol. The van der Waals surface area contributed by atoms with Crippen molar-refractivity contribution >= 4 is 53.3 Å². The van der Waals surface area contributed by atoms with E-state index >= 15 is 0 Å². The molecule has 10 N–H and O–H groups in total. The number of unbranched alkanes of at least 4 members (excludes halogenated alkanes) is 5. The van der Waals surface area contributed by atoms with Gasteiger partial charge in [0.05, 0.1) is 0 Å². The lowest BCUT2D eigenvalue weighted by Crippen LogP contribution is -2.65. The van der Waals surface area contributed by atoms with Gasteiger partial charge in [-0.15, -0.1) is 0 Å². The van der Waals surface area contributed by atoms with Crippen LogP contribution in [0.5, 0.6) is 5.75 Å². The fourth-order valence-corrected chi connectivity index (χ4v) is 8.54. The van der Waals surface area contributed by atoms with Crippen LogP contribution in [0.2, 0.25) is 0 Å². The number of aliphatic hydroxyl groups is 1. The number of ether oxygens (including phenoxy) is 1. The van der Waals surface area contributed by atoms with Gasteiger partial charge in [0.2, 0.25) is 41.4 Å². The number of nitrogens with one attached hydrogen (secondary N) is 5. The first-order valence-electron chi connectivity index (χ1n) is 24.8. The quantitative estimate of drug-likeness (QED) is 0.0623. The summed E-state index contributed by atoms with van der Waals surface area (Å²) in [5.41, 5.74) is 6.28. The second-order valence-electron chi connectivity index (χ2n) is 19.3. The van der Waals surface area contributed by atoms with Crippen LogP contribution in [0.15, 0.2) is 24.3 Å². The summed E-state index contributed by atoms with van der Waals surface area (Å²) in [6.45, 7) is 10.5. The number of aliphatic carboxylic acids is 1. The third kappa shape index (κ3) is 17.8. The smallest absolute Gasteiger partial charge is 0.329 e. The van der Waals surface area contributed by atoms with Gasteiger partial charge in [0.1, 0.15) is 60.4 Å². The van der Waals surface area contributed by atoms with Crippen LogP contribution < -0.4 is 32.3 Å². The van der Waals surface area contributed by atoms with Crippen LogP contribution in [-0.2, 0) is 54.3 Å². The predicted octanol–water partition coefficient (Wildman–Crippen LogP) is 1.50. The summed E-state index contributed by atoms with van der Waals surface area (Å²) in [4.78, 5) is 128. The highest BCUT2D eigenvalue weighted by molar-refractivity contribution is 5.98. The van der Waals surface area contributed by atoms with Crippen LogP contribution in [0.1, 0.15) is 137 Å². The van der Waals surface area contributed by atoms with E-state index in [9.17, 15) is 58.5 Å². The number of fused-ring (bicyclic) bond motifs is 2. The number of aliphatic hydroxyl groups excluding tert-OH is 1. The van der Waals surface area contributed by atoms with Crippen molar-refractivity contribution in [3.8, 4) is 5.75 Å². The Morgan fingerprint density at radius 3 is 2.13 bits per heavy atom. The summed E-state index contributed by atoms with van der Waals surface area (Å²) < 4.78 is 5.87. The van der Waals surface area contributed by atoms with Gasteiger partial charge in [-0.25, -0.2) is 4.79 Å². The summed E-state index contributed by atoms with van der Waals surface area (Å²) in [5, 5.41) is 44.1. The van der Waals surface area contributed by atoms with E-state index in [0.717, 1.165) is 35.5 Å². The molecule has 392 valence electrons. The number of hydrogen-bond donors (Lipinski definition) is 9. The highest BCUT2D eigenvalue weighted by Gasteiger charge is 2.46. The number of benzene rings is 1. The molecule has 2 fully saturated rings. The van der Waals surface area contributed by atoms with Gasteiger partial charge in [0, 0.05) is 26.3 Å². The number of carboxylic acid groups (broad SMARTS) is 1. The molecule has 0 unspecified atom stereocenters. The summed E-state index contributed by atoms with van der Waals surface area (Å²) >= 11 is 0. The zero-order valence-electron chi connectivity index (χ0n) is 41.9. The Balaban J connectivity index is 2.19. The molecule has 21 nitrogen and oxygen atoms in total. The number of carbonyl (C=O) groups is 9. The monoisotopic (exact) mass is 987 g/mol. The lowest BCUT2D eigenvalue weighted by molar-refractivity contribution is -0.166. The van der Waals surface area contributed by atoms with Gasteiger partial charge in [-0.05, 0) is 94.4 Å². The molecule has 0 aromatic heterocycles. The fourth-order valence-electron chi connectivity index (χ4n) is 8.54. The molecule has 2 aliphatic rings. The van der Waals surface area contributed by atoms with E-state index in [1.807, 2.05) is 20.8 Å². The van der Waals surface area contributed by atoms with Crippen LogP contribution in [-0.4, -0.2) is 147 Å². The van der Waals surface area contributed by atoms with E-state index in [1.54, 1.807) is 26.0 Å². The van der Waals surface area contributed by atoms with Crippen LogP contribution in [0.25, 0.3) is 0 Å². The first-order chi connectivity index (χ1) is 33.1. The molecule has 2 heterocycles. The molecule has 2 bridgehead atoms. The number of phenolic OH excluding ortho intramolecular Hbond substituents is 1. The molecule has 1 aromatic carbocycles. The minimum atomic E-state index is -1.78. The first-order valence-corrected chi connectivity index (χ1v) is 24.8. The van der Waals surface area contributed by atoms with Crippen molar-refractivity contribution in [1.29, 1.82) is 0 Å². The molecule has 7 amide bonds. The maximum atomic E-state index is 14.8. The standard InChI is InChI=1S/C49H78N8O13/c1-8-9-10-11-12-16-38(59)51-34(22-24-40(61)62)44(64)55-42-30(6)70-49(69)41(29(4)5)54-45(65)36(27-31-17-19-32(58)20-18-31)56(7)48(68)37(26-28(2)3)57-39(60)23-21-35(47(57)67)53-43(63)33(52-46(42)66)15-13-14-25-50/h17-20,28-30,33-37,39,41-42,58,60H,8-16,21-27,50H2,1-7H3,(H,51,59)(H,52,66)(H,53,63)(H,54,65)(H,55,64)(H,61,62)/t30-,33+,34+,35+,36+,37+,39-,41+,42-/m1/s1. The number of nitrogens with two attached hydrogens (primary N) is 1. The average Bonchev–Trinajstić information content (AvgIpc) is 3.29. The number of carboxylic acids is 1. The zero-order valence-corrected chi connectivity index (χ0v) is 41.9.